The van der Waals surface area contributed by atoms with Crippen LogP contribution in [-0.4, -0.2) is 88.3 Å². The fourth-order valence-corrected chi connectivity index (χ4v) is 6.96. The van der Waals surface area contributed by atoms with E-state index in [4.69, 9.17) is 9.73 Å². The Morgan fingerprint density at radius 3 is 2.70 bits per heavy atom. The SMILES string of the molecule is CCOC(=O)C1=C(CN2CC(F)(F)[C@@H]3CN(C(=O)[C@@H]4C[C@@H]4C(=O)O)C[C@@H]32)NC(c2nccs2)=N[C@H]1c1cccc(F)c1C. The number of fused-ring (bicyclic) bond motifs is 1. The predicted octanol–water partition coefficient (Wildman–Crippen LogP) is 3.00. The number of likely N-dealkylation sites (tertiary alicyclic amines) is 2. The van der Waals surface area contributed by atoms with Gasteiger partial charge < -0.3 is 20.1 Å². The summed E-state index contributed by atoms with van der Waals surface area (Å²) in [5, 5.41) is 14.6. The van der Waals surface area contributed by atoms with Gasteiger partial charge in [0.05, 0.1) is 36.5 Å². The molecule has 1 saturated carbocycles. The number of aliphatic imine (C=N–C) groups is 1. The number of carbonyl (C=O) groups excluding carboxylic acids is 2. The van der Waals surface area contributed by atoms with E-state index >= 15 is 8.78 Å². The maximum atomic E-state index is 15.4. The Balaban J connectivity index is 1.36. The van der Waals surface area contributed by atoms with Crippen LogP contribution in [0.1, 0.15) is 35.5 Å². The maximum absolute atomic E-state index is 15.4. The summed E-state index contributed by atoms with van der Waals surface area (Å²) in [5.41, 5.74) is 1.07. The predicted molar refractivity (Wildman–Crippen MR) is 149 cm³/mol. The number of nitrogens with one attached hydrogen (secondary N) is 1. The quantitative estimate of drug-likeness (QED) is 0.434. The molecule has 1 aromatic heterocycles. The molecule has 0 radical (unpaired) electrons. The Kier molecular flexibility index (Phi) is 7.53. The molecule has 5 atom stereocenters. The number of halogens is 3. The summed E-state index contributed by atoms with van der Waals surface area (Å²) in [6.07, 6.45) is 1.79. The smallest absolute Gasteiger partial charge is 0.338 e. The summed E-state index contributed by atoms with van der Waals surface area (Å²) < 4.78 is 50.9. The normalized spacial score (nSPS) is 27.9. The van der Waals surface area contributed by atoms with E-state index in [9.17, 15) is 23.9 Å². The third-order valence-electron chi connectivity index (χ3n) is 8.67. The standard InChI is InChI=1S/C29H30F3N5O5S/c1-3-42-28(41)22-20(34-24(25-33-7-8-43-25)35-23(22)15-5-4-6-19(30)14(15)2)11-37-13-29(31,32)18-10-36(12-21(18)37)26(38)16-9-17(16)27(39)40/h4-8,16-18,21,23H,3,9-13H2,1-2H3,(H,34,35)(H,39,40)/t16-,17+,18-,21+,23+/m1/s1. The Bertz CT molecular complexity index is 1530. The number of alkyl halides is 2. The molecule has 10 nitrogen and oxygen atoms in total. The zero-order valence-corrected chi connectivity index (χ0v) is 24.2. The topological polar surface area (TPSA) is 124 Å². The van der Waals surface area contributed by atoms with E-state index < -0.39 is 66.0 Å². The van der Waals surface area contributed by atoms with Crippen LogP contribution in [0.5, 0.6) is 0 Å². The van der Waals surface area contributed by atoms with Crippen molar-refractivity contribution in [3.05, 3.63) is 63.0 Å². The summed E-state index contributed by atoms with van der Waals surface area (Å²) in [6.45, 7) is 2.40. The third-order valence-corrected chi connectivity index (χ3v) is 9.45. The molecular formula is C29H30F3N5O5S. The van der Waals surface area contributed by atoms with Gasteiger partial charge in [0.2, 0.25) is 5.91 Å². The Labute approximate surface area is 249 Å². The lowest BCUT2D eigenvalue weighted by Crippen LogP contribution is -2.44. The number of benzene rings is 1. The highest BCUT2D eigenvalue weighted by molar-refractivity contribution is 7.11. The van der Waals surface area contributed by atoms with Crippen molar-refractivity contribution >= 4 is 35.0 Å². The molecule has 3 aliphatic heterocycles. The molecule has 4 heterocycles. The van der Waals surface area contributed by atoms with E-state index in [0.717, 1.165) is 0 Å². The van der Waals surface area contributed by atoms with Crippen molar-refractivity contribution in [2.75, 3.05) is 32.8 Å². The molecule has 2 saturated heterocycles. The van der Waals surface area contributed by atoms with E-state index in [0.29, 0.717) is 16.4 Å². The second kappa shape index (κ2) is 11.1. The molecule has 14 heteroatoms. The largest absolute Gasteiger partial charge is 0.481 e. The summed E-state index contributed by atoms with van der Waals surface area (Å²) in [6, 6.07) is 2.77. The number of carboxylic acids is 1. The van der Waals surface area contributed by atoms with Crippen LogP contribution >= 0.6 is 11.3 Å². The molecule has 43 heavy (non-hydrogen) atoms. The van der Waals surface area contributed by atoms with Gasteiger partial charge in [0, 0.05) is 43.0 Å². The van der Waals surface area contributed by atoms with E-state index in [1.54, 1.807) is 36.4 Å². The van der Waals surface area contributed by atoms with E-state index in [1.165, 1.54) is 28.4 Å². The number of hydrogen-bond donors (Lipinski definition) is 2. The minimum atomic E-state index is -3.13. The molecule has 228 valence electrons. The number of ether oxygens (including phenoxy) is 1. The first-order valence-electron chi connectivity index (χ1n) is 14.0. The second-order valence-corrected chi connectivity index (χ2v) is 12.2. The maximum Gasteiger partial charge on any atom is 0.338 e. The number of rotatable bonds is 8. The number of carboxylic acid groups (broad SMARTS) is 1. The molecule has 2 N–H and O–H groups in total. The monoisotopic (exact) mass is 617 g/mol. The number of esters is 1. The number of amides is 1. The number of amidine groups is 1. The van der Waals surface area contributed by atoms with Gasteiger partial charge in [-0.1, -0.05) is 12.1 Å². The lowest BCUT2D eigenvalue weighted by Gasteiger charge is -2.31. The Morgan fingerprint density at radius 2 is 2.02 bits per heavy atom. The molecule has 2 aromatic rings. The highest BCUT2D eigenvalue weighted by atomic mass is 32.1. The first-order valence-corrected chi connectivity index (χ1v) is 14.9. The number of carbonyl (C=O) groups is 3. The number of nitrogens with zero attached hydrogens (tertiary/aromatic N) is 4. The Morgan fingerprint density at radius 1 is 1.23 bits per heavy atom. The lowest BCUT2D eigenvalue weighted by atomic mass is 9.92. The zero-order valence-electron chi connectivity index (χ0n) is 23.4. The Hall–Kier alpha value is -3.78. The summed E-state index contributed by atoms with van der Waals surface area (Å²) in [5.74, 6) is -8.10. The average molecular weight is 618 g/mol. The van der Waals surface area contributed by atoms with Crippen LogP contribution in [0, 0.1) is 30.5 Å². The minimum Gasteiger partial charge on any atom is -0.481 e. The average Bonchev–Trinajstić information content (AvgIpc) is 3.27. The van der Waals surface area contributed by atoms with Crippen LogP contribution in [0.25, 0.3) is 0 Å². The van der Waals surface area contributed by atoms with Gasteiger partial charge in [-0.25, -0.2) is 22.9 Å². The molecule has 1 aliphatic carbocycles. The van der Waals surface area contributed by atoms with Crippen molar-refractivity contribution in [3.63, 3.8) is 0 Å². The number of aliphatic carboxylic acids is 1. The van der Waals surface area contributed by atoms with Gasteiger partial charge in [-0.3, -0.25) is 19.5 Å². The molecule has 0 unspecified atom stereocenters. The number of aromatic nitrogens is 1. The van der Waals surface area contributed by atoms with E-state index in [-0.39, 0.29) is 49.5 Å². The molecule has 4 aliphatic rings. The number of thiazole rings is 1. The molecule has 3 fully saturated rings. The van der Waals surface area contributed by atoms with Crippen LogP contribution in [0.15, 0.2) is 46.0 Å². The van der Waals surface area contributed by atoms with Gasteiger partial charge in [-0.05, 0) is 37.5 Å². The molecule has 0 bridgehead atoms. The minimum absolute atomic E-state index is 0.0177. The van der Waals surface area contributed by atoms with Crippen LogP contribution in [-0.2, 0) is 19.1 Å². The summed E-state index contributed by atoms with van der Waals surface area (Å²) in [7, 11) is 0. The van der Waals surface area contributed by atoms with Crippen LogP contribution in [0.4, 0.5) is 13.2 Å². The van der Waals surface area contributed by atoms with Crippen LogP contribution < -0.4 is 5.32 Å². The van der Waals surface area contributed by atoms with Crippen molar-refractivity contribution in [1.29, 1.82) is 0 Å². The zero-order chi connectivity index (χ0) is 30.6. The van der Waals surface area contributed by atoms with E-state index in [1.807, 2.05) is 0 Å². The van der Waals surface area contributed by atoms with Crippen molar-refractivity contribution in [2.45, 2.75) is 38.3 Å². The summed E-state index contributed by atoms with van der Waals surface area (Å²) >= 11 is 1.29. The highest BCUT2D eigenvalue weighted by Gasteiger charge is 2.60. The molecule has 0 spiro atoms. The van der Waals surface area contributed by atoms with Crippen molar-refractivity contribution in [1.82, 2.24) is 20.1 Å². The number of hydrogen-bond acceptors (Lipinski definition) is 9. The van der Waals surface area contributed by atoms with Crippen molar-refractivity contribution in [3.8, 4) is 0 Å². The van der Waals surface area contributed by atoms with Gasteiger partial charge in [0.15, 0.2) is 10.8 Å². The van der Waals surface area contributed by atoms with Crippen LogP contribution in [0.3, 0.4) is 0 Å². The second-order valence-electron chi connectivity index (χ2n) is 11.3. The lowest BCUT2D eigenvalue weighted by molar-refractivity contribution is -0.142. The van der Waals surface area contributed by atoms with Crippen molar-refractivity contribution in [2.24, 2.45) is 22.7 Å². The van der Waals surface area contributed by atoms with Gasteiger partial charge in [0.25, 0.3) is 5.92 Å². The molecule has 1 aromatic carbocycles. The third kappa shape index (κ3) is 5.30. The first kappa shape index (κ1) is 29.3. The summed E-state index contributed by atoms with van der Waals surface area (Å²) in [4.78, 5) is 49.7. The molecular weight excluding hydrogens is 587 g/mol. The van der Waals surface area contributed by atoms with Gasteiger partial charge in [-0.15, -0.1) is 11.3 Å². The van der Waals surface area contributed by atoms with Gasteiger partial charge in [-0.2, -0.15) is 0 Å². The fourth-order valence-electron chi connectivity index (χ4n) is 6.37. The highest BCUT2D eigenvalue weighted by Crippen LogP contribution is 2.46. The van der Waals surface area contributed by atoms with Crippen LogP contribution in [0.2, 0.25) is 0 Å². The fraction of sp³-hybridized carbons (Fsp3) is 0.483. The first-order chi connectivity index (χ1) is 20.5. The molecule has 1 amide bonds. The van der Waals surface area contributed by atoms with E-state index in [2.05, 4.69) is 10.3 Å². The molecule has 6 rings (SSSR count). The van der Waals surface area contributed by atoms with Gasteiger partial charge in [0.1, 0.15) is 11.9 Å². The van der Waals surface area contributed by atoms with Crippen molar-refractivity contribution < 1.29 is 37.4 Å². The van der Waals surface area contributed by atoms with Gasteiger partial charge >= 0.3 is 11.9 Å².